The highest BCUT2D eigenvalue weighted by Crippen LogP contribution is 1.99. The monoisotopic (exact) mass is 157 g/mol. The Labute approximate surface area is 63.2 Å². The third kappa shape index (κ3) is 5.79. The molecule has 0 aliphatic carbocycles. The van der Waals surface area contributed by atoms with E-state index in [4.69, 9.17) is 6.85 Å². The Balaban J connectivity index is 4.62. The Morgan fingerprint density at radius 2 is 2.56 bits per heavy atom. The molecule has 0 saturated carbocycles. The van der Waals surface area contributed by atoms with Crippen LogP contribution in [0.15, 0.2) is 0 Å². The van der Waals surface area contributed by atoms with Gasteiger partial charge in [-0.1, -0.05) is 6.88 Å². The van der Waals surface area contributed by atoms with Gasteiger partial charge in [0.05, 0.1) is 12.4 Å². The zero-order valence-corrected chi connectivity index (χ0v) is 5.76. The van der Waals surface area contributed by atoms with E-state index in [9.17, 15) is 8.42 Å². The van der Waals surface area contributed by atoms with Gasteiger partial charge in [-0.05, 0) is 13.3 Å². The molecule has 0 bridgehead atoms. The molecule has 4 heteroatoms. The van der Waals surface area contributed by atoms with Crippen LogP contribution in [0.3, 0.4) is 0 Å². The quantitative estimate of drug-likeness (QED) is 0.568. The lowest BCUT2D eigenvalue weighted by molar-refractivity contribution is 0.227. The van der Waals surface area contributed by atoms with E-state index in [0.717, 1.165) is 6.26 Å². The van der Waals surface area contributed by atoms with Gasteiger partial charge in [-0.3, -0.25) is 4.18 Å². The van der Waals surface area contributed by atoms with Crippen LogP contribution in [0.5, 0.6) is 0 Å². The molecule has 0 aliphatic heterocycles. The van der Waals surface area contributed by atoms with Crippen molar-refractivity contribution in [1.82, 2.24) is 0 Å². The minimum atomic E-state index is -3.87. The molecular weight excluding hydrogens is 140 g/mol. The molecule has 0 aromatic heterocycles. The van der Waals surface area contributed by atoms with Crippen molar-refractivity contribution >= 4 is 10.1 Å². The molecule has 0 radical (unpaired) electrons. The maximum atomic E-state index is 10.7. The van der Waals surface area contributed by atoms with E-state index in [-0.39, 0.29) is 0 Å². The van der Waals surface area contributed by atoms with Crippen LogP contribution in [0.2, 0.25) is 0 Å². The summed E-state index contributed by atoms with van der Waals surface area (Å²) in [6.45, 7) is -3.37. The van der Waals surface area contributed by atoms with Gasteiger partial charge < -0.3 is 0 Å². The fraction of sp³-hybridized carbons (Fsp3) is 1.00. The molecule has 0 heterocycles. The number of hydrogen-bond acceptors (Lipinski definition) is 3. The van der Waals surface area contributed by atoms with E-state index in [0.29, 0.717) is 0 Å². The molecular formula is C5H12O3S. The Morgan fingerprint density at radius 1 is 1.89 bits per heavy atom. The molecule has 0 rings (SSSR count). The molecule has 0 fully saturated rings. The van der Waals surface area contributed by atoms with Gasteiger partial charge in [0.25, 0.3) is 10.1 Å². The third-order valence-corrected chi connectivity index (χ3v) is 1.05. The third-order valence-electron chi connectivity index (χ3n) is 0.476. The van der Waals surface area contributed by atoms with Crippen molar-refractivity contribution in [2.75, 3.05) is 6.26 Å². The first-order valence-corrected chi connectivity index (χ1v) is 3.96. The largest absolute Gasteiger partial charge is 0.267 e. The minimum Gasteiger partial charge on any atom is -0.267 e. The minimum absolute atomic E-state index is 0.734. The lowest BCUT2D eigenvalue weighted by atomic mass is 10.3. The van der Waals surface area contributed by atoms with Gasteiger partial charge in [-0.15, -0.1) is 0 Å². The fourth-order valence-electron chi connectivity index (χ4n) is 0.234. The molecule has 0 aromatic carbocycles. The molecule has 0 aliphatic rings. The summed E-state index contributed by atoms with van der Waals surface area (Å²) in [4.78, 5) is 0. The van der Waals surface area contributed by atoms with E-state index in [2.05, 4.69) is 4.18 Å². The Bertz CT molecular complexity index is 265. The van der Waals surface area contributed by atoms with E-state index >= 15 is 0 Å². The fourth-order valence-corrected chi connectivity index (χ4v) is 0.702. The highest BCUT2D eigenvalue weighted by Gasteiger charge is 2.06. The van der Waals surface area contributed by atoms with Gasteiger partial charge in [0.15, 0.2) is 0 Å². The van der Waals surface area contributed by atoms with Crippen LogP contribution in [0.4, 0.5) is 0 Å². The van der Waals surface area contributed by atoms with Gasteiger partial charge in [-0.25, -0.2) is 0 Å². The predicted molar refractivity (Wildman–Crippen MR) is 35.7 cm³/mol. The van der Waals surface area contributed by atoms with Gasteiger partial charge in [0, 0.05) is 6.85 Å². The number of hydrogen-bond donors (Lipinski definition) is 0. The van der Waals surface area contributed by atoms with Crippen molar-refractivity contribution < 1.29 is 19.5 Å². The molecule has 56 valence electrons. The van der Waals surface area contributed by atoms with Gasteiger partial charge >= 0.3 is 0 Å². The second-order valence-electron chi connectivity index (χ2n) is 1.46. The number of rotatable bonds is 3. The van der Waals surface area contributed by atoms with Crippen molar-refractivity contribution in [2.45, 2.75) is 26.3 Å². The summed E-state index contributed by atoms with van der Waals surface area (Å²) in [7, 11) is -3.87. The molecule has 0 aromatic rings. The summed E-state index contributed by atoms with van der Waals surface area (Å²) < 4.78 is 60.4. The standard InChI is InChI=1S/C5H12O3S/c1-4-5(2)8-9(3,6)7/h5H,4H2,1-3H3/t5-/m1/s1/i1D2,2D2,4D/t4-,5-. The van der Waals surface area contributed by atoms with E-state index < -0.39 is 36.4 Å². The molecule has 0 spiro atoms. The SMILES string of the molecule is [2H]C([2H])[C@@H]([2H])[C@H](OS(C)(=O)=O)C([2H])[2H]. The van der Waals surface area contributed by atoms with Gasteiger partial charge in [-0.2, -0.15) is 8.42 Å². The summed E-state index contributed by atoms with van der Waals surface area (Å²) >= 11 is 0. The summed E-state index contributed by atoms with van der Waals surface area (Å²) in [6.07, 6.45) is -2.41. The summed E-state index contributed by atoms with van der Waals surface area (Å²) in [5, 5.41) is 0. The Hall–Kier alpha value is -0.0900. The maximum absolute atomic E-state index is 10.7. The average Bonchev–Trinajstić information content (AvgIpc) is 1.96. The van der Waals surface area contributed by atoms with Crippen molar-refractivity contribution in [3.8, 4) is 0 Å². The lowest BCUT2D eigenvalue weighted by Crippen LogP contribution is -2.12. The zero-order chi connectivity index (χ0) is 11.5. The second-order valence-corrected chi connectivity index (χ2v) is 3.06. The van der Waals surface area contributed by atoms with E-state index in [1.807, 2.05) is 0 Å². The summed E-state index contributed by atoms with van der Waals surface area (Å²) in [6, 6.07) is 0. The predicted octanol–water partition coefficient (Wildman–Crippen LogP) is 0.761. The van der Waals surface area contributed by atoms with E-state index in [1.54, 1.807) is 0 Å². The smallest absolute Gasteiger partial charge is 0.264 e. The van der Waals surface area contributed by atoms with Gasteiger partial charge in [0.1, 0.15) is 0 Å². The van der Waals surface area contributed by atoms with Crippen LogP contribution in [-0.4, -0.2) is 20.8 Å². The Morgan fingerprint density at radius 3 is 2.89 bits per heavy atom. The van der Waals surface area contributed by atoms with Crippen molar-refractivity contribution in [2.24, 2.45) is 0 Å². The topological polar surface area (TPSA) is 43.4 Å². The van der Waals surface area contributed by atoms with Crippen molar-refractivity contribution in [1.29, 1.82) is 0 Å². The second kappa shape index (κ2) is 3.17. The molecule has 0 N–H and O–H groups in total. The van der Waals surface area contributed by atoms with Crippen LogP contribution < -0.4 is 0 Å². The van der Waals surface area contributed by atoms with Crippen LogP contribution in [0.25, 0.3) is 0 Å². The van der Waals surface area contributed by atoms with Crippen LogP contribution in [-0.2, 0) is 14.3 Å². The molecule has 3 nitrogen and oxygen atoms in total. The normalized spacial score (nSPS) is 27.7. The summed E-state index contributed by atoms with van der Waals surface area (Å²) in [5.41, 5.74) is 0. The lowest BCUT2D eigenvalue weighted by Gasteiger charge is -2.05. The van der Waals surface area contributed by atoms with Gasteiger partial charge in [0.2, 0.25) is 0 Å². The van der Waals surface area contributed by atoms with Crippen LogP contribution in [0, 0.1) is 0 Å². The first-order valence-electron chi connectivity index (χ1n) is 5.03. The maximum Gasteiger partial charge on any atom is 0.264 e. The van der Waals surface area contributed by atoms with E-state index in [1.165, 1.54) is 0 Å². The first-order chi connectivity index (χ1) is 6.15. The van der Waals surface area contributed by atoms with Crippen molar-refractivity contribution in [3.63, 3.8) is 0 Å². The highest BCUT2D eigenvalue weighted by molar-refractivity contribution is 7.86. The molecule has 0 amide bonds. The van der Waals surface area contributed by atoms with Crippen LogP contribution in [0.1, 0.15) is 27.0 Å². The zero-order valence-electron chi connectivity index (χ0n) is 9.94. The average molecular weight is 157 g/mol. The first kappa shape index (κ1) is 3.34. The van der Waals surface area contributed by atoms with Crippen molar-refractivity contribution in [3.05, 3.63) is 0 Å². The Kier molecular flexibility index (Phi) is 1.18. The molecule has 0 saturated heterocycles. The molecule has 0 unspecified atom stereocenters. The van der Waals surface area contributed by atoms with Crippen LogP contribution >= 0.6 is 0 Å². The summed E-state index contributed by atoms with van der Waals surface area (Å²) in [5.74, 6) is 0. The highest BCUT2D eigenvalue weighted by atomic mass is 32.2. The molecule has 9 heavy (non-hydrogen) atoms. The molecule has 2 atom stereocenters.